The number of carbonyl (C=O) groups excluding carboxylic acids is 1. The minimum Gasteiger partial charge on any atom is -0.444 e. The van der Waals surface area contributed by atoms with Crippen LogP contribution in [-0.4, -0.2) is 43.8 Å². The maximum Gasteiger partial charge on any atom is 0.408 e. The van der Waals surface area contributed by atoms with Crippen LogP contribution in [-0.2, 0) is 9.47 Å². The van der Waals surface area contributed by atoms with E-state index in [2.05, 4.69) is 10.6 Å². The van der Waals surface area contributed by atoms with Gasteiger partial charge in [0, 0.05) is 5.41 Å². The summed E-state index contributed by atoms with van der Waals surface area (Å²) in [7, 11) is 0. The van der Waals surface area contributed by atoms with Crippen LogP contribution in [0.4, 0.5) is 9.18 Å². The lowest BCUT2D eigenvalue weighted by Gasteiger charge is -2.38. The first-order valence-electron chi connectivity index (χ1n) is 6.78. The molecule has 2 aliphatic heterocycles. The predicted octanol–water partition coefficient (Wildman–Crippen LogP) is 1.58. The molecule has 2 saturated heterocycles. The third-order valence-corrected chi connectivity index (χ3v) is 3.72. The molecule has 2 fully saturated rings. The van der Waals surface area contributed by atoms with Gasteiger partial charge in [-0.05, 0) is 46.7 Å². The van der Waals surface area contributed by atoms with Gasteiger partial charge in [0.2, 0.25) is 6.36 Å². The number of hydrogen-bond acceptors (Lipinski definition) is 4. The van der Waals surface area contributed by atoms with Crippen molar-refractivity contribution in [3.8, 4) is 0 Å². The molecule has 0 aliphatic carbocycles. The maximum atomic E-state index is 13.9. The van der Waals surface area contributed by atoms with Gasteiger partial charge in [-0.15, -0.1) is 0 Å². The third-order valence-electron chi connectivity index (χ3n) is 3.72. The lowest BCUT2D eigenvalue weighted by Crippen LogP contribution is -2.54. The molecule has 2 aliphatic rings. The van der Waals surface area contributed by atoms with E-state index in [0.717, 1.165) is 25.9 Å². The summed E-state index contributed by atoms with van der Waals surface area (Å²) in [6.07, 6.45) is -0.434. The Labute approximate surface area is 113 Å². The van der Waals surface area contributed by atoms with Crippen LogP contribution in [0.25, 0.3) is 0 Å². The van der Waals surface area contributed by atoms with Gasteiger partial charge in [0.1, 0.15) is 5.60 Å². The van der Waals surface area contributed by atoms with Gasteiger partial charge in [0.25, 0.3) is 0 Å². The molecule has 0 radical (unpaired) electrons. The third kappa shape index (κ3) is 3.36. The zero-order valence-electron chi connectivity index (χ0n) is 11.8. The second-order valence-corrected chi connectivity index (χ2v) is 6.40. The number of alkyl carbamates (subject to hydrolysis) is 1. The Hall–Kier alpha value is -0.880. The highest BCUT2D eigenvalue weighted by molar-refractivity contribution is 5.68. The molecule has 0 aromatic rings. The molecule has 2 heterocycles. The van der Waals surface area contributed by atoms with Crippen molar-refractivity contribution >= 4 is 6.09 Å². The summed E-state index contributed by atoms with van der Waals surface area (Å²) < 4.78 is 24.2. The molecule has 6 heteroatoms. The minimum absolute atomic E-state index is 0.304. The molecule has 0 unspecified atom stereocenters. The Morgan fingerprint density at radius 2 is 2.05 bits per heavy atom. The number of nitrogens with one attached hydrogen (secondary N) is 2. The zero-order valence-corrected chi connectivity index (χ0v) is 11.8. The summed E-state index contributed by atoms with van der Waals surface area (Å²) >= 11 is 0. The van der Waals surface area contributed by atoms with Gasteiger partial charge < -0.3 is 20.1 Å². The standard InChI is InChI=1S/C13H23FN2O3/c1-12(2,3)19-11(17)16-9-10(14)18-8-13(9)4-6-15-7-5-13/h9-10,15H,4-8H2,1-3H3,(H,16,17)/t9-,10+/m1/s1. The fraction of sp³-hybridized carbons (Fsp3) is 0.923. The van der Waals surface area contributed by atoms with Crippen molar-refractivity contribution in [3.63, 3.8) is 0 Å². The van der Waals surface area contributed by atoms with E-state index in [9.17, 15) is 9.18 Å². The lowest BCUT2D eigenvalue weighted by molar-refractivity contribution is -0.00866. The molecule has 1 spiro atoms. The van der Waals surface area contributed by atoms with Crippen molar-refractivity contribution in [1.29, 1.82) is 0 Å². The first-order valence-corrected chi connectivity index (χ1v) is 6.78. The van der Waals surface area contributed by atoms with E-state index in [0.29, 0.717) is 6.61 Å². The number of halogens is 1. The molecule has 0 saturated carbocycles. The van der Waals surface area contributed by atoms with E-state index in [1.54, 1.807) is 20.8 Å². The SMILES string of the molecule is CC(C)(C)OC(=O)N[C@@H]1[C@@H](F)OCC12CCNCC2. The average molecular weight is 274 g/mol. The molecular weight excluding hydrogens is 251 g/mol. The molecular formula is C13H23FN2O3. The highest BCUT2D eigenvalue weighted by Gasteiger charge is 2.51. The Balaban J connectivity index is 2.01. The van der Waals surface area contributed by atoms with E-state index in [1.807, 2.05) is 0 Å². The van der Waals surface area contributed by atoms with Crippen molar-refractivity contribution in [2.24, 2.45) is 5.41 Å². The molecule has 2 N–H and O–H groups in total. The zero-order chi connectivity index (χ0) is 14.1. The van der Waals surface area contributed by atoms with Crippen molar-refractivity contribution in [1.82, 2.24) is 10.6 Å². The number of alkyl halides is 1. The van der Waals surface area contributed by atoms with Crippen LogP contribution in [0.5, 0.6) is 0 Å². The second-order valence-electron chi connectivity index (χ2n) is 6.40. The van der Waals surface area contributed by atoms with Crippen molar-refractivity contribution in [2.45, 2.75) is 51.6 Å². The van der Waals surface area contributed by atoms with Crippen molar-refractivity contribution in [3.05, 3.63) is 0 Å². The smallest absolute Gasteiger partial charge is 0.408 e. The highest BCUT2D eigenvalue weighted by atomic mass is 19.1. The van der Waals surface area contributed by atoms with E-state index < -0.39 is 24.1 Å². The van der Waals surface area contributed by atoms with Gasteiger partial charge >= 0.3 is 6.09 Å². The Bertz CT molecular complexity index is 332. The summed E-state index contributed by atoms with van der Waals surface area (Å²) in [5.74, 6) is 0. The van der Waals surface area contributed by atoms with Crippen LogP contribution >= 0.6 is 0 Å². The Morgan fingerprint density at radius 3 is 2.63 bits per heavy atom. The van der Waals surface area contributed by atoms with E-state index >= 15 is 0 Å². The fourth-order valence-corrected chi connectivity index (χ4v) is 2.74. The lowest BCUT2D eigenvalue weighted by atomic mass is 9.75. The number of amides is 1. The van der Waals surface area contributed by atoms with Gasteiger partial charge in [-0.1, -0.05) is 0 Å². The normalized spacial score (nSPS) is 30.3. The number of rotatable bonds is 1. The van der Waals surface area contributed by atoms with Gasteiger partial charge in [-0.3, -0.25) is 0 Å². The number of piperidine rings is 1. The Kier molecular flexibility index (Phi) is 4.01. The molecule has 0 aromatic carbocycles. The van der Waals surface area contributed by atoms with Crippen LogP contribution in [0.1, 0.15) is 33.6 Å². The first-order chi connectivity index (χ1) is 8.82. The van der Waals surface area contributed by atoms with Gasteiger partial charge in [0.15, 0.2) is 0 Å². The molecule has 2 rings (SSSR count). The summed E-state index contributed by atoms with van der Waals surface area (Å²) in [6.45, 7) is 7.35. The minimum atomic E-state index is -1.45. The summed E-state index contributed by atoms with van der Waals surface area (Å²) in [4.78, 5) is 11.8. The highest BCUT2D eigenvalue weighted by Crippen LogP contribution is 2.41. The summed E-state index contributed by atoms with van der Waals surface area (Å²) in [5.41, 5.74) is -0.891. The van der Waals surface area contributed by atoms with E-state index in [-0.39, 0.29) is 5.41 Å². The molecule has 1 amide bonds. The molecule has 110 valence electrons. The topological polar surface area (TPSA) is 59.6 Å². The summed E-state index contributed by atoms with van der Waals surface area (Å²) in [6, 6.07) is -0.621. The molecule has 0 bridgehead atoms. The molecule has 2 atom stereocenters. The van der Waals surface area contributed by atoms with Crippen LogP contribution in [0.2, 0.25) is 0 Å². The number of hydrogen-bond donors (Lipinski definition) is 2. The van der Waals surface area contributed by atoms with Gasteiger partial charge in [-0.2, -0.15) is 0 Å². The fourth-order valence-electron chi connectivity index (χ4n) is 2.74. The maximum absolute atomic E-state index is 13.9. The molecule has 5 nitrogen and oxygen atoms in total. The average Bonchev–Trinajstić information content (AvgIpc) is 2.57. The largest absolute Gasteiger partial charge is 0.444 e. The number of ether oxygens (including phenoxy) is 2. The monoisotopic (exact) mass is 274 g/mol. The van der Waals surface area contributed by atoms with E-state index in [4.69, 9.17) is 9.47 Å². The van der Waals surface area contributed by atoms with Gasteiger partial charge in [-0.25, -0.2) is 9.18 Å². The quantitative estimate of drug-likeness (QED) is 0.762. The van der Waals surface area contributed by atoms with Crippen LogP contribution in [0.3, 0.4) is 0 Å². The number of carbonyl (C=O) groups is 1. The molecule has 19 heavy (non-hydrogen) atoms. The van der Waals surface area contributed by atoms with Crippen LogP contribution < -0.4 is 10.6 Å². The first kappa shape index (κ1) is 14.5. The van der Waals surface area contributed by atoms with Crippen molar-refractivity contribution in [2.75, 3.05) is 19.7 Å². The Morgan fingerprint density at radius 1 is 1.42 bits per heavy atom. The van der Waals surface area contributed by atoms with Gasteiger partial charge in [0.05, 0.1) is 12.6 Å². The van der Waals surface area contributed by atoms with Crippen molar-refractivity contribution < 1.29 is 18.7 Å². The second kappa shape index (κ2) is 5.25. The molecule has 0 aromatic heterocycles. The van der Waals surface area contributed by atoms with Crippen LogP contribution in [0, 0.1) is 5.41 Å². The van der Waals surface area contributed by atoms with Crippen LogP contribution in [0.15, 0.2) is 0 Å². The summed E-state index contributed by atoms with van der Waals surface area (Å²) in [5, 5.41) is 5.90. The van der Waals surface area contributed by atoms with E-state index in [1.165, 1.54) is 0 Å². The predicted molar refractivity (Wildman–Crippen MR) is 68.5 cm³/mol.